The number of methoxy groups -OCH3 is 3. The zero-order chi connectivity index (χ0) is 15.4. The lowest BCUT2D eigenvalue weighted by Crippen LogP contribution is -2.12. The second kappa shape index (κ2) is 6.56. The van der Waals surface area contributed by atoms with Crippen molar-refractivity contribution in [3.63, 3.8) is 0 Å². The number of benzene rings is 1. The monoisotopic (exact) mass is 298 g/mol. The highest BCUT2D eigenvalue weighted by Crippen LogP contribution is 2.30. The normalized spacial score (nSPS) is 12.0. The topological polar surface area (TPSA) is 27.7 Å². The summed E-state index contributed by atoms with van der Waals surface area (Å²) in [7, 11) is 3.42. The highest BCUT2D eigenvalue weighted by Gasteiger charge is 2.30. The van der Waals surface area contributed by atoms with Gasteiger partial charge in [-0.1, -0.05) is 0 Å². The van der Waals surface area contributed by atoms with Gasteiger partial charge in [0.05, 0.1) is 19.8 Å². The lowest BCUT2D eigenvalue weighted by atomic mass is 10.1. The molecule has 0 saturated carbocycles. The molecule has 0 aliphatic heterocycles. The third-order valence-electron chi connectivity index (χ3n) is 2.47. The van der Waals surface area contributed by atoms with E-state index in [0.717, 1.165) is 13.2 Å². The predicted octanol–water partition coefficient (Wildman–Crippen LogP) is 3.20. The minimum atomic E-state index is -2.23. The van der Waals surface area contributed by atoms with Gasteiger partial charge < -0.3 is 14.2 Å². The summed E-state index contributed by atoms with van der Waals surface area (Å²) >= 11 is 0. The molecule has 0 amide bonds. The summed E-state index contributed by atoms with van der Waals surface area (Å²) in [6.45, 7) is 0. The summed E-state index contributed by atoms with van der Waals surface area (Å²) in [6, 6.07) is 0. The smallest absolute Gasteiger partial charge is 0.277 e. The van der Waals surface area contributed by atoms with Crippen molar-refractivity contribution in [2.75, 3.05) is 21.3 Å². The fraction of sp³-hybridized carbons (Fsp3) is 0.333. The molecule has 0 radical (unpaired) electrons. The van der Waals surface area contributed by atoms with Crippen molar-refractivity contribution in [2.24, 2.45) is 0 Å². The van der Waals surface area contributed by atoms with E-state index in [0.29, 0.717) is 0 Å². The molecule has 1 aromatic rings. The van der Waals surface area contributed by atoms with Crippen molar-refractivity contribution in [1.82, 2.24) is 0 Å². The van der Waals surface area contributed by atoms with Crippen molar-refractivity contribution in [3.8, 4) is 0 Å². The third-order valence-corrected chi connectivity index (χ3v) is 2.47. The molecule has 20 heavy (non-hydrogen) atoms. The van der Waals surface area contributed by atoms with E-state index in [9.17, 15) is 22.0 Å². The van der Waals surface area contributed by atoms with Gasteiger partial charge in [0, 0.05) is 13.2 Å². The summed E-state index contributed by atoms with van der Waals surface area (Å²) in [5.41, 5.74) is -1.13. The quantitative estimate of drug-likeness (QED) is 0.361. The molecule has 0 spiro atoms. The van der Waals surface area contributed by atoms with Crippen LogP contribution in [0.3, 0.4) is 0 Å². The molecule has 1 aromatic carbocycles. The summed E-state index contributed by atoms with van der Waals surface area (Å²) in [5, 5.41) is 0. The fourth-order valence-electron chi connectivity index (χ4n) is 1.48. The average molecular weight is 298 g/mol. The van der Waals surface area contributed by atoms with E-state index in [4.69, 9.17) is 4.74 Å². The van der Waals surface area contributed by atoms with Gasteiger partial charge in [-0.15, -0.1) is 0 Å². The molecule has 1 rings (SSSR count). The van der Waals surface area contributed by atoms with E-state index in [1.807, 2.05) is 0 Å². The molecule has 0 aliphatic carbocycles. The second-order valence-corrected chi connectivity index (χ2v) is 3.53. The maximum absolute atomic E-state index is 13.6. The van der Waals surface area contributed by atoms with Gasteiger partial charge >= 0.3 is 0 Å². The number of halogens is 5. The van der Waals surface area contributed by atoms with Gasteiger partial charge in [-0.05, 0) is 0 Å². The van der Waals surface area contributed by atoms with Crippen LogP contribution in [0, 0.1) is 29.1 Å². The molecule has 0 saturated heterocycles. The maximum Gasteiger partial charge on any atom is 0.277 e. The van der Waals surface area contributed by atoms with Crippen LogP contribution >= 0.6 is 0 Å². The van der Waals surface area contributed by atoms with Gasteiger partial charge in [-0.25, -0.2) is 22.0 Å². The van der Waals surface area contributed by atoms with Gasteiger partial charge in [0.15, 0.2) is 23.3 Å². The second-order valence-electron chi connectivity index (χ2n) is 3.53. The summed E-state index contributed by atoms with van der Waals surface area (Å²) in [6.07, 6.45) is -0.646. The average Bonchev–Trinajstić information content (AvgIpc) is 2.46. The van der Waals surface area contributed by atoms with E-state index in [2.05, 4.69) is 9.47 Å². The van der Waals surface area contributed by atoms with E-state index in [-0.39, 0.29) is 5.95 Å². The van der Waals surface area contributed by atoms with Gasteiger partial charge in [0.1, 0.15) is 6.10 Å². The molecule has 8 heteroatoms. The Balaban J connectivity index is 3.47. The largest absolute Gasteiger partial charge is 0.469 e. The van der Waals surface area contributed by atoms with Crippen LogP contribution < -0.4 is 0 Å². The minimum Gasteiger partial charge on any atom is -0.469 e. The molecule has 1 atom stereocenters. The first kappa shape index (κ1) is 16.2. The molecule has 0 aromatic heterocycles. The number of rotatable bonds is 5. The lowest BCUT2D eigenvalue weighted by molar-refractivity contribution is 0.0755. The zero-order valence-corrected chi connectivity index (χ0v) is 10.8. The van der Waals surface area contributed by atoms with Crippen LogP contribution in [0.25, 0.3) is 0 Å². The molecule has 0 N–H and O–H groups in total. The van der Waals surface area contributed by atoms with Crippen molar-refractivity contribution in [3.05, 3.63) is 46.7 Å². The molecule has 0 heterocycles. The molecule has 112 valence electrons. The standard InChI is InChI=1S/C12H11F5O3/c1-18-5(4-6(19-2)20-3)7-8(13)10(15)12(17)11(16)9(7)14/h4-5H,1-3H3. The van der Waals surface area contributed by atoms with Crippen molar-refractivity contribution < 1.29 is 36.2 Å². The van der Waals surface area contributed by atoms with Crippen LogP contribution in [0.5, 0.6) is 0 Å². The maximum atomic E-state index is 13.6. The van der Waals surface area contributed by atoms with Crippen LogP contribution in [-0.2, 0) is 14.2 Å². The molecule has 0 fully saturated rings. The van der Waals surface area contributed by atoms with Gasteiger partial charge in [0.2, 0.25) is 5.82 Å². The predicted molar refractivity (Wildman–Crippen MR) is 58.1 cm³/mol. The van der Waals surface area contributed by atoms with Crippen molar-refractivity contribution in [2.45, 2.75) is 6.10 Å². The van der Waals surface area contributed by atoms with E-state index < -0.39 is 40.8 Å². The lowest BCUT2D eigenvalue weighted by Gasteiger charge is -2.16. The van der Waals surface area contributed by atoms with Crippen LogP contribution in [-0.4, -0.2) is 21.3 Å². The molecular formula is C12H11F5O3. The minimum absolute atomic E-state index is 0.208. The van der Waals surface area contributed by atoms with E-state index in [1.54, 1.807) is 0 Å². The molecular weight excluding hydrogens is 287 g/mol. The molecule has 0 aliphatic rings. The first-order valence-corrected chi connectivity index (χ1v) is 5.22. The summed E-state index contributed by atoms with van der Waals surface area (Å²) < 4.78 is 80.3. The SMILES string of the molecule is COC(=CC(OC)c1c(F)c(F)c(F)c(F)c1F)OC. The highest BCUT2D eigenvalue weighted by molar-refractivity contribution is 5.28. The van der Waals surface area contributed by atoms with Gasteiger partial charge in [-0.2, -0.15) is 0 Å². The van der Waals surface area contributed by atoms with Crippen LogP contribution in [0.4, 0.5) is 22.0 Å². The van der Waals surface area contributed by atoms with Crippen LogP contribution in [0.2, 0.25) is 0 Å². The Morgan fingerprint density at radius 1 is 0.800 bits per heavy atom. The number of ether oxygens (including phenoxy) is 3. The fourth-order valence-corrected chi connectivity index (χ4v) is 1.48. The number of hydrogen-bond donors (Lipinski definition) is 0. The van der Waals surface area contributed by atoms with Crippen molar-refractivity contribution >= 4 is 0 Å². The van der Waals surface area contributed by atoms with Gasteiger partial charge in [-0.3, -0.25) is 0 Å². The summed E-state index contributed by atoms with van der Waals surface area (Å²) in [4.78, 5) is 0. The Morgan fingerprint density at radius 3 is 1.55 bits per heavy atom. The summed E-state index contributed by atoms with van der Waals surface area (Å²) in [5.74, 6) is -10.5. The highest BCUT2D eigenvalue weighted by atomic mass is 19.2. The Morgan fingerprint density at radius 2 is 1.20 bits per heavy atom. The Bertz CT molecular complexity index is 495. The van der Waals surface area contributed by atoms with Gasteiger partial charge in [0.25, 0.3) is 5.95 Å². The van der Waals surface area contributed by atoms with E-state index in [1.165, 1.54) is 14.2 Å². The van der Waals surface area contributed by atoms with Crippen LogP contribution in [0.15, 0.2) is 12.0 Å². The van der Waals surface area contributed by atoms with E-state index >= 15 is 0 Å². The van der Waals surface area contributed by atoms with Crippen molar-refractivity contribution in [1.29, 1.82) is 0 Å². The van der Waals surface area contributed by atoms with Crippen LogP contribution in [0.1, 0.15) is 11.7 Å². The Kier molecular flexibility index (Phi) is 5.32. The Labute approximate surface area is 111 Å². The molecule has 0 bridgehead atoms. The first-order valence-electron chi connectivity index (χ1n) is 5.22. The number of hydrogen-bond acceptors (Lipinski definition) is 3. The molecule has 1 unspecified atom stereocenters. The first-order chi connectivity index (χ1) is 9.38. The third kappa shape index (κ3) is 2.84. The molecule has 3 nitrogen and oxygen atoms in total. The zero-order valence-electron chi connectivity index (χ0n) is 10.8. The Hall–Kier alpha value is -1.83.